The number of hydrogen-bond acceptors (Lipinski definition) is 5. The lowest BCUT2D eigenvalue weighted by molar-refractivity contribution is -0.136. The van der Waals surface area contributed by atoms with Gasteiger partial charge in [-0.05, 0) is 12.1 Å². The van der Waals surface area contributed by atoms with Gasteiger partial charge < -0.3 is 15.2 Å². The number of ether oxygens (including phenoxy) is 1. The number of esters is 1. The molecule has 0 bridgehead atoms. The maximum Gasteiger partial charge on any atom is 0.337 e. The van der Waals surface area contributed by atoms with E-state index in [9.17, 15) is 9.59 Å². The van der Waals surface area contributed by atoms with Gasteiger partial charge in [0, 0.05) is 19.3 Å². The Kier molecular flexibility index (Phi) is 5.09. The Morgan fingerprint density at radius 3 is 2.94 bits per heavy atom. The summed E-state index contributed by atoms with van der Waals surface area (Å²) in [7, 11) is 1.31. The Morgan fingerprint density at radius 2 is 2.29 bits per heavy atom. The van der Waals surface area contributed by atoms with E-state index in [2.05, 4.69) is 15.0 Å². The fourth-order valence-corrected chi connectivity index (χ4v) is 1.23. The highest BCUT2D eigenvalue weighted by molar-refractivity contribution is 5.89. The van der Waals surface area contributed by atoms with Gasteiger partial charge in [-0.2, -0.15) is 0 Å². The fourth-order valence-electron chi connectivity index (χ4n) is 1.23. The van der Waals surface area contributed by atoms with Gasteiger partial charge in [0.25, 0.3) is 0 Å². The molecule has 92 valence electrons. The molecule has 0 fully saturated rings. The van der Waals surface area contributed by atoms with Crippen LogP contribution in [0.3, 0.4) is 0 Å². The summed E-state index contributed by atoms with van der Waals surface area (Å²) < 4.78 is 4.58. The van der Waals surface area contributed by atoms with Gasteiger partial charge in [0.15, 0.2) is 0 Å². The monoisotopic (exact) mass is 238 g/mol. The molecule has 1 rings (SSSR count). The number of carboxylic acid groups (broad SMARTS) is 1. The van der Waals surface area contributed by atoms with Crippen molar-refractivity contribution in [2.24, 2.45) is 0 Å². The van der Waals surface area contributed by atoms with Crippen LogP contribution in [0, 0.1) is 0 Å². The number of aliphatic carboxylic acids is 1. The number of carbonyl (C=O) groups is 2. The molecule has 0 aromatic carbocycles. The summed E-state index contributed by atoms with van der Waals surface area (Å²) in [5.74, 6) is -1.27. The summed E-state index contributed by atoms with van der Waals surface area (Å²) in [6.45, 7) is 0.775. The Morgan fingerprint density at radius 1 is 1.53 bits per heavy atom. The minimum absolute atomic E-state index is 0.0523. The highest BCUT2D eigenvalue weighted by atomic mass is 16.5. The van der Waals surface area contributed by atoms with E-state index in [1.807, 2.05) is 0 Å². The second kappa shape index (κ2) is 6.59. The standard InChI is InChI=1S/C11H14N2O4/c1-17-11(16)8-2-5-13-9(6-8)7-12-4-3-10(14)15/h2,5-6,12H,3-4,7H2,1H3,(H,14,15). The molecule has 0 unspecified atom stereocenters. The molecule has 0 saturated heterocycles. The second-order valence-corrected chi connectivity index (χ2v) is 3.35. The molecular weight excluding hydrogens is 224 g/mol. The average molecular weight is 238 g/mol. The zero-order chi connectivity index (χ0) is 12.7. The number of pyridine rings is 1. The molecule has 6 heteroatoms. The minimum atomic E-state index is -0.853. The van der Waals surface area contributed by atoms with Crippen molar-refractivity contribution in [3.8, 4) is 0 Å². The molecule has 1 aromatic rings. The third-order valence-corrected chi connectivity index (χ3v) is 2.06. The number of aromatic nitrogens is 1. The second-order valence-electron chi connectivity index (χ2n) is 3.35. The molecule has 2 N–H and O–H groups in total. The van der Waals surface area contributed by atoms with Crippen molar-refractivity contribution in [1.82, 2.24) is 10.3 Å². The topological polar surface area (TPSA) is 88.5 Å². The molecule has 17 heavy (non-hydrogen) atoms. The molecule has 0 spiro atoms. The Bertz CT molecular complexity index is 406. The van der Waals surface area contributed by atoms with Crippen LogP contribution in [0.1, 0.15) is 22.5 Å². The summed E-state index contributed by atoms with van der Waals surface area (Å²) in [6.07, 6.45) is 1.57. The molecule has 6 nitrogen and oxygen atoms in total. The first kappa shape index (κ1) is 13.1. The van der Waals surface area contributed by atoms with Gasteiger partial charge in [-0.3, -0.25) is 9.78 Å². The predicted octanol–water partition coefficient (Wildman–Crippen LogP) is 0.432. The van der Waals surface area contributed by atoms with Crippen LogP contribution in [-0.2, 0) is 16.1 Å². The van der Waals surface area contributed by atoms with Crippen LogP contribution >= 0.6 is 0 Å². The smallest absolute Gasteiger partial charge is 0.337 e. The Hall–Kier alpha value is -1.95. The highest BCUT2D eigenvalue weighted by Crippen LogP contribution is 2.03. The van der Waals surface area contributed by atoms with E-state index in [4.69, 9.17) is 5.11 Å². The molecule has 0 aliphatic carbocycles. The summed E-state index contributed by atoms with van der Waals surface area (Å²) in [6, 6.07) is 3.17. The molecule has 0 saturated carbocycles. The summed E-state index contributed by atoms with van der Waals surface area (Å²) in [5.41, 5.74) is 1.09. The third kappa shape index (κ3) is 4.60. The first-order valence-electron chi connectivity index (χ1n) is 5.09. The number of carboxylic acids is 1. The molecule has 0 aliphatic rings. The van der Waals surface area contributed by atoms with Crippen molar-refractivity contribution in [1.29, 1.82) is 0 Å². The van der Waals surface area contributed by atoms with Crippen LogP contribution in [0.4, 0.5) is 0 Å². The van der Waals surface area contributed by atoms with Crippen molar-refractivity contribution >= 4 is 11.9 Å². The van der Waals surface area contributed by atoms with Gasteiger partial charge in [-0.25, -0.2) is 4.79 Å². The van der Waals surface area contributed by atoms with Gasteiger partial charge in [-0.1, -0.05) is 0 Å². The largest absolute Gasteiger partial charge is 0.481 e. The minimum Gasteiger partial charge on any atom is -0.481 e. The van der Waals surface area contributed by atoms with E-state index < -0.39 is 11.9 Å². The maximum absolute atomic E-state index is 11.2. The molecule has 0 aliphatic heterocycles. The van der Waals surface area contributed by atoms with Crippen LogP contribution in [0.15, 0.2) is 18.3 Å². The molecule has 0 radical (unpaired) electrons. The SMILES string of the molecule is COC(=O)c1ccnc(CNCCC(=O)O)c1. The van der Waals surface area contributed by atoms with E-state index in [-0.39, 0.29) is 6.42 Å². The van der Waals surface area contributed by atoms with Gasteiger partial charge in [0.2, 0.25) is 0 Å². The van der Waals surface area contributed by atoms with E-state index in [1.165, 1.54) is 13.3 Å². The predicted molar refractivity (Wildman–Crippen MR) is 59.5 cm³/mol. The quantitative estimate of drug-likeness (QED) is 0.552. The molecule has 0 amide bonds. The number of nitrogens with one attached hydrogen (secondary N) is 1. The lowest BCUT2D eigenvalue weighted by Gasteiger charge is -2.04. The van der Waals surface area contributed by atoms with Crippen LogP contribution in [-0.4, -0.2) is 35.7 Å². The number of nitrogens with zero attached hydrogens (tertiary/aromatic N) is 1. The fraction of sp³-hybridized carbons (Fsp3) is 0.364. The Balaban J connectivity index is 2.48. The van der Waals surface area contributed by atoms with E-state index in [1.54, 1.807) is 12.1 Å². The third-order valence-electron chi connectivity index (χ3n) is 2.06. The highest BCUT2D eigenvalue weighted by Gasteiger charge is 2.06. The number of methoxy groups -OCH3 is 1. The summed E-state index contributed by atoms with van der Waals surface area (Å²) in [5, 5.41) is 11.4. The van der Waals surface area contributed by atoms with Crippen molar-refractivity contribution in [3.63, 3.8) is 0 Å². The van der Waals surface area contributed by atoms with Crippen molar-refractivity contribution in [2.45, 2.75) is 13.0 Å². The molecule has 0 atom stereocenters. The first-order valence-corrected chi connectivity index (χ1v) is 5.09. The van der Waals surface area contributed by atoms with Gasteiger partial charge in [-0.15, -0.1) is 0 Å². The first-order chi connectivity index (χ1) is 8.13. The normalized spacial score (nSPS) is 9.94. The lowest BCUT2D eigenvalue weighted by Crippen LogP contribution is -2.18. The van der Waals surface area contributed by atoms with Gasteiger partial charge in [0.05, 0.1) is 24.8 Å². The van der Waals surface area contributed by atoms with Crippen molar-refractivity contribution in [3.05, 3.63) is 29.6 Å². The van der Waals surface area contributed by atoms with Crippen LogP contribution in [0.5, 0.6) is 0 Å². The Labute approximate surface area is 98.6 Å². The maximum atomic E-state index is 11.2. The van der Waals surface area contributed by atoms with Crippen molar-refractivity contribution in [2.75, 3.05) is 13.7 Å². The van der Waals surface area contributed by atoms with Crippen LogP contribution < -0.4 is 5.32 Å². The van der Waals surface area contributed by atoms with E-state index >= 15 is 0 Å². The van der Waals surface area contributed by atoms with Crippen LogP contribution in [0.2, 0.25) is 0 Å². The summed E-state index contributed by atoms with van der Waals surface area (Å²) in [4.78, 5) is 25.6. The van der Waals surface area contributed by atoms with E-state index in [0.29, 0.717) is 24.3 Å². The number of carbonyl (C=O) groups excluding carboxylic acids is 1. The molecule has 1 aromatic heterocycles. The number of rotatable bonds is 6. The van der Waals surface area contributed by atoms with E-state index in [0.717, 1.165) is 0 Å². The average Bonchev–Trinajstić information content (AvgIpc) is 2.34. The molecular formula is C11H14N2O4. The van der Waals surface area contributed by atoms with Crippen LogP contribution in [0.25, 0.3) is 0 Å². The van der Waals surface area contributed by atoms with Gasteiger partial charge >= 0.3 is 11.9 Å². The summed E-state index contributed by atoms with van der Waals surface area (Å²) >= 11 is 0. The number of hydrogen-bond donors (Lipinski definition) is 2. The van der Waals surface area contributed by atoms with Gasteiger partial charge in [0.1, 0.15) is 0 Å². The zero-order valence-corrected chi connectivity index (χ0v) is 9.47. The lowest BCUT2D eigenvalue weighted by atomic mass is 10.2. The zero-order valence-electron chi connectivity index (χ0n) is 9.47. The van der Waals surface area contributed by atoms with Crippen molar-refractivity contribution < 1.29 is 19.4 Å². The molecule has 1 heterocycles.